The first kappa shape index (κ1) is 13.5. The number of hydrogen-bond donors (Lipinski definition) is 0. The van der Waals surface area contributed by atoms with Crippen molar-refractivity contribution in [2.45, 2.75) is 13.1 Å². The second kappa shape index (κ2) is 4.73. The van der Waals surface area contributed by atoms with Crippen LogP contribution >= 0.6 is 0 Å². The maximum Gasteiger partial charge on any atom is 0.449 e. The van der Waals surface area contributed by atoms with E-state index in [4.69, 9.17) is 0 Å². The summed E-state index contributed by atoms with van der Waals surface area (Å²) in [6, 6.07) is 3.97. The molecule has 0 unspecified atom stereocenters. The lowest BCUT2D eigenvalue weighted by atomic mass is 10.1. The fraction of sp³-hybridized carbons (Fsp3) is 0.364. The van der Waals surface area contributed by atoms with Crippen molar-refractivity contribution in [3.05, 3.63) is 29.6 Å². The number of amidine groups is 1. The van der Waals surface area contributed by atoms with Crippen LogP contribution in [0.15, 0.2) is 23.2 Å². The number of aliphatic imine (C=N–C) groups is 1. The molecule has 0 aliphatic carbocycles. The molecule has 0 aromatic heterocycles. The highest BCUT2D eigenvalue weighted by molar-refractivity contribution is 6.01. The molecule has 1 rings (SSSR count). The van der Waals surface area contributed by atoms with E-state index in [2.05, 4.69) is 4.99 Å². The Hall–Kier alpha value is -1.59. The van der Waals surface area contributed by atoms with Crippen LogP contribution in [0, 0.1) is 12.7 Å². The van der Waals surface area contributed by atoms with Gasteiger partial charge in [0.2, 0.25) is 5.84 Å². The third-order valence-corrected chi connectivity index (χ3v) is 2.38. The van der Waals surface area contributed by atoms with Gasteiger partial charge in [-0.3, -0.25) is 4.99 Å². The predicted molar refractivity (Wildman–Crippen MR) is 59.0 cm³/mol. The Morgan fingerprint density at radius 3 is 2.35 bits per heavy atom. The van der Waals surface area contributed by atoms with Crippen LogP contribution in [0.1, 0.15) is 5.56 Å². The molecule has 0 N–H and O–H groups in total. The second-order valence-electron chi connectivity index (χ2n) is 3.49. The van der Waals surface area contributed by atoms with E-state index in [1.165, 1.54) is 32.2 Å². The Morgan fingerprint density at radius 2 is 1.88 bits per heavy atom. The van der Waals surface area contributed by atoms with Crippen molar-refractivity contribution in [1.29, 1.82) is 0 Å². The zero-order chi connectivity index (χ0) is 13.2. The molecule has 0 bridgehead atoms. The number of benzene rings is 1. The third kappa shape index (κ3) is 2.75. The molecule has 0 amide bonds. The van der Waals surface area contributed by atoms with Crippen LogP contribution in [-0.2, 0) is 0 Å². The average Bonchev–Trinajstić information content (AvgIpc) is 2.20. The van der Waals surface area contributed by atoms with Crippen molar-refractivity contribution in [2.24, 2.45) is 4.99 Å². The quantitative estimate of drug-likeness (QED) is 0.423. The number of hydrogen-bond acceptors (Lipinski definition) is 1. The molecule has 1 aromatic carbocycles. The fourth-order valence-electron chi connectivity index (χ4n) is 1.54. The monoisotopic (exact) mass is 248 g/mol. The summed E-state index contributed by atoms with van der Waals surface area (Å²) in [5.41, 5.74) is 0.295. The molecular formula is C11H12F4N2. The zero-order valence-corrected chi connectivity index (χ0v) is 9.64. The Labute approximate surface area is 96.6 Å². The highest BCUT2D eigenvalue weighted by atomic mass is 19.4. The molecular weight excluding hydrogens is 236 g/mol. The van der Waals surface area contributed by atoms with Gasteiger partial charge in [0.1, 0.15) is 5.82 Å². The summed E-state index contributed by atoms with van der Waals surface area (Å²) >= 11 is 0. The molecule has 1 aromatic rings. The standard InChI is InChI=1S/C11H12F4N2/c1-7-8(12)5-4-6-9(7)17(3)10(16-2)11(13,14)15/h4-6H,1-3H3. The summed E-state index contributed by atoms with van der Waals surface area (Å²) in [6.45, 7) is 1.42. The molecule has 0 saturated heterocycles. The van der Waals surface area contributed by atoms with Gasteiger partial charge < -0.3 is 4.90 Å². The van der Waals surface area contributed by atoms with Crippen molar-refractivity contribution < 1.29 is 17.6 Å². The lowest BCUT2D eigenvalue weighted by Gasteiger charge is -2.24. The molecule has 0 saturated carbocycles. The van der Waals surface area contributed by atoms with E-state index < -0.39 is 17.8 Å². The maximum absolute atomic E-state index is 13.3. The van der Waals surface area contributed by atoms with Gasteiger partial charge in [-0.2, -0.15) is 13.2 Å². The first-order valence-corrected chi connectivity index (χ1v) is 4.82. The van der Waals surface area contributed by atoms with E-state index in [1.807, 2.05) is 0 Å². The zero-order valence-electron chi connectivity index (χ0n) is 9.64. The first-order chi connectivity index (χ1) is 7.79. The normalized spacial score (nSPS) is 12.8. The van der Waals surface area contributed by atoms with Crippen LogP contribution in [0.3, 0.4) is 0 Å². The molecule has 0 radical (unpaired) electrons. The van der Waals surface area contributed by atoms with Crippen LogP contribution in [-0.4, -0.2) is 26.1 Å². The van der Waals surface area contributed by atoms with Crippen molar-refractivity contribution >= 4 is 11.5 Å². The minimum Gasteiger partial charge on any atom is -0.325 e. The summed E-state index contributed by atoms with van der Waals surface area (Å²) in [5.74, 6) is -1.61. The van der Waals surface area contributed by atoms with Crippen molar-refractivity contribution in [1.82, 2.24) is 0 Å². The molecule has 94 valence electrons. The van der Waals surface area contributed by atoms with Crippen molar-refractivity contribution in [3.8, 4) is 0 Å². The largest absolute Gasteiger partial charge is 0.449 e. The topological polar surface area (TPSA) is 15.6 Å². The number of alkyl halides is 3. The minimum atomic E-state index is -4.57. The molecule has 0 fully saturated rings. The van der Waals surface area contributed by atoms with E-state index >= 15 is 0 Å². The summed E-state index contributed by atoms with van der Waals surface area (Å²) in [7, 11) is 2.26. The Balaban J connectivity index is 3.21. The van der Waals surface area contributed by atoms with E-state index in [9.17, 15) is 17.6 Å². The highest BCUT2D eigenvalue weighted by Crippen LogP contribution is 2.27. The van der Waals surface area contributed by atoms with Gasteiger partial charge in [0.25, 0.3) is 0 Å². The molecule has 0 aliphatic rings. The number of anilines is 1. The second-order valence-corrected chi connectivity index (χ2v) is 3.49. The summed E-state index contributed by atoms with van der Waals surface area (Å²) < 4.78 is 51.1. The number of halogens is 4. The Kier molecular flexibility index (Phi) is 3.75. The molecule has 0 spiro atoms. The van der Waals surface area contributed by atoms with Crippen LogP contribution in [0.2, 0.25) is 0 Å². The lowest BCUT2D eigenvalue weighted by Crippen LogP contribution is -2.39. The van der Waals surface area contributed by atoms with Gasteiger partial charge in [0.15, 0.2) is 0 Å². The van der Waals surface area contributed by atoms with Crippen LogP contribution in [0.4, 0.5) is 23.2 Å². The van der Waals surface area contributed by atoms with Gasteiger partial charge in [0, 0.05) is 25.3 Å². The average molecular weight is 248 g/mol. The molecule has 2 nitrogen and oxygen atoms in total. The first-order valence-electron chi connectivity index (χ1n) is 4.82. The summed E-state index contributed by atoms with van der Waals surface area (Å²) in [6.07, 6.45) is -4.57. The number of rotatable bonds is 1. The van der Waals surface area contributed by atoms with E-state index in [0.29, 0.717) is 0 Å². The van der Waals surface area contributed by atoms with Gasteiger partial charge in [-0.15, -0.1) is 0 Å². The van der Waals surface area contributed by atoms with E-state index in [-0.39, 0.29) is 11.3 Å². The van der Waals surface area contributed by atoms with Gasteiger partial charge in [-0.1, -0.05) is 6.07 Å². The Morgan fingerprint density at radius 1 is 1.29 bits per heavy atom. The number of nitrogens with zero attached hydrogens (tertiary/aromatic N) is 2. The van der Waals surface area contributed by atoms with Crippen LogP contribution in [0.25, 0.3) is 0 Å². The molecule has 0 aliphatic heterocycles. The lowest BCUT2D eigenvalue weighted by molar-refractivity contribution is -0.0600. The third-order valence-electron chi connectivity index (χ3n) is 2.38. The van der Waals surface area contributed by atoms with Gasteiger partial charge in [-0.05, 0) is 19.1 Å². The summed E-state index contributed by atoms with van der Waals surface area (Å²) in [4.78, 5) is 4.03. The van der Waals surface area contributed by atoms with Gasteiger partial charge in [0.05, 0.1) is 0 Å². The smallest absolute Gasteiger partial charge is 0.325 e. The Bertz CT molecular complexity index is 438. The minimum absolute atomic E-state index is 0.142. The van der Waals surface area contributed by atoms with E-state index in [0.717, 1.165) is 11.9 Å². The maximum atomic E-state index is 13.3. The molecule has 6 heteroatoms. The highest BCUT2D eigenvalue weighted by Gasteiger charge is 2.39. The van der Waals surface area contributed by atoms with Crippen LogP contribution < -0.4 is 4.90 Å². The van der Waals surface area contributed by atoms with Crippen molar-refractivity contribution in [3.63, 3.8) is 0 Å². The van der Waals surface area contributed by atoms with Crippen LogP contribution in [0.5, 0.6) is 0 Å². The predicted octanol–water partition coefficient (Wildman–Crippen LogP) is 3.16. The molecule has 17 heavy (non-hydrogen) atoms. The fourth-order valence-corrected chi connectivity index (χ4v) is 1.54. The molecule has 0 atom stereocenters. The van der Waals surface area contributed by atoms with Gasteiger partial charge in [-0.25, -0.2) is 4.39 Å². The SMILES string of the molecule is CN=C(N(C)c1cccc(F)c1C)C(F)(F)F. The van der Waals surface area contributed by atoms with Crippen molar-refractivity contribution in [2.75, 3.05) is 19.0 Å². The van der Waals surface area contributed by atoms with Gasteiger partial charge >= 0.3 is 6.18 Å². The molecule has 0 heterocycles. The summed E-state index contributed by atoms with van der Waals surface area (Å²) in [5, 5.41) is 0. The van der Waals surface area contributed by atoms with E-state index in [1.54, 1.807) is 0 Å².